The number of urea groups is 1. The van der Waals surface area contributed by atoms with E-state index in [0.717, 1.165) is 0 Å². The maximum Gasteiger partial charge on any atom is 0.320 e. The van der Waals surface area contributed by atoms with Crippen LogP contribution in [-0.4, -0.2) is 22.8 Å². The summed E-state index contributed by atoms with van der Waals surface area (Å²) in [6.07, 6.45) is -1.12. The highest BCUT2D eigenvalue weighted by Crippen LogP contribution is 2.15. The average molecular weight is 279 g/mol. The lowest BCUT2D eigenvalue weighted by Crippen LogP contribution is -2.32. The van der Waals surface area contributed by atoms with E-state index in [0.29, 0.717) is 5.76 Å². The molecule has 3 N–H and O–H groups in total. The van der Waals surface area contributed by atoms with Gasteiger partial charge in [0.2, 0.25) is 0 Å². The standard InChI is InChI=1S/C13H14FN3O3/c1-8-6-12(17-20-8)16-13(19)15-7-11(18)9-4-2-3-5-10(9)14/h2-6,11,18H,7H2,1H3,(H2,15,16,17,19). The summed E-state index contributed by atoms with van der Waals surface area (Å²) in [4.78, 5) is 11.5. The number of carbonyl (C=O) groups is 1. The first-order valence-electron chi connectivity index (χ1n) is 5.97. The predicted octanol–water partition coefficient (Wildman–Crippen LogP) is 1.98. The monoisotopic (exact) mass is 279 g/mol. The Labute approximate surface area is 114 Å². The van der Waals surface area contributed by atoms with Crippen LogP contribution < -0.4 is 10.6 Å². The molecule has 20 heavy (non-hydrogen) atoms. The predicted molar refractivity (Wildman–Crippen MR) is 69.6 cm³/mol. The smallest absolute Gasteiger partial charge is 0.320 e. The molecule has 1 heterocycles. The number of carbonyl (C=O) groups excluding carboxylic acids is 1. The van der Waals surface area contributed by atoms with Crippen molar-refractivity contribution in [2.75, 3.05) is 11.9 Å². The molecule has 1 atom stereocenters. The molecule has 0 bridgehead atoms. The van der Waals surface area contributed by atoms with Crippen LogP contribution in [0.5, 0.6) is 0 Å². The Morgan fingerprint density at radius 2 is 2.25 bits per heavy atom. The zero-order valence-electron chi connectivity index (χ0n) is 10.8. The van der Waals surface area contributed by atoms with Gasteiger partial charge in [0.25, 0.3) is 0 Å². The maximum atomic E-state index is 13.4. The minimum absolute atomic E-state index is 0.121. The molecular weight excluding hydrogens is 265 g/mol. The number of rotatable bonds is 4. The van der Waals surface area contributed by atoms with Gasteiger partial charge in [-0.3, -0.25) is 5.32 Å². The van der Waals surface area contributed by atoms with Crippen molar-refractivity contribution in [1.82, 2.24) is 10.5 Å². The number of aryl methyl sites for hydroxylation is 1. The number of amides is 2. The first kappa shape index (κ1) is 14.0. The lowest BCUT2D eigenvalue weighted by atomic mass is 10.1. The van der Waals surface area contributed by atoms with Crippen molar-refractivity contribution < 1.29 is 18.8 Å². The molecule has 0 aliphatic carbocycles. The molecule has 0 spiro atoms. The Morgan fingerprint density at radius 1 is 1.50 bits per heavy atom. The second-order valence-corrected chi connectivity index (χ2v) is 4.20. The van der Waals surface area contributed by atoms with Crippen molar-refractivity contribution in [3.05, 3.63) is 47.5 Å². The van der Waals surface area contributed by atoms with E-state index < -0.39 is 18.0 Å². The van der Waals surface area contributed by atoms with Crippen LogP contribution in [0.15, 0.2) is 34.9 Å². The summed E-state index contributed by atoms with van der Waals surface area (Å²) in [7, 11) is 0. The summed E-state index contributed by atoms with van der Waals surface area (Å²) in [5.74, 6) is 0.307. The highest BCUT2D eigenvalue weighted by molar-refractivity contribution is 5.88. The van der Waals surface area contributed by atoms with Gasteiger partial charge in [0, 0.05) is 18.2 Å². The molecule has 0 saturated carbocycles. The molecule has 1 aromatic heterocycles. The molecule has 0 fully saturated rings. The lowest BCUT2D eigenvalue weighted by Gasteiger charge is -2.12. The largest absolute Gasteiger partial charge is 0.386 e. The molecule has 2 aromatic rings. The fourth-order valence-corrected chi connectivity index (χ4v) is 1.63. The molecule has 1 unspecified atom stereocenters. The fraction of sp³-hybridized carbons (Fsp3) is 0.231. The van der Waals surface area contributed by atoms with Gasteiger partial charge in [0.05, 0.1) is 6.10 Å². The number of aliphatic hydroxyl groups excluding tert-OH is 1. The van der Waals surface area contributed by atoms with Crippen molar-refractivity contribution in [3.8, 4) is 0 Å². The summed E-state index contributed by atoms with van der Waals surface area (Å²) in [5, 5.41) is 18.2. The molecule has 1 aromatic carbocycles. The molecule has 0 aliphatic rings. The Hall–Kier alpha value is -2.41. The van der Waals surface area contributed by atoms with Crippen LogP contribution in [0.3, 0.4) is 0 Å². The van der Waals surface area contributed by atoms with Crippen molar-refractivity contribution in [2.24, 2.45) is 0 Å². The molecular formula is C13H14FN3O3. The van der Waals surface area contributed by atoms with Crippen LogP contribution in [0.4, 0.5) is 15.0 Å². The van der Waals surface area contributed by atoms with E-state index in [1.165, 1.54) is 18.2 Å². The number of aliphatic hydroxyl groups is 1. The number of nitrogens with zero attached hydrogens (tertiary/aromatic N) is 1. The summed E-state index contributed by atoms with van der Waals surface area (Å²) in [6.45, 7) is 1.57. The van der Waals surface area contributed by atoms with Crippen molar-refractivity contribution >= 4 is 11.8 Å². The fourth-order valence-electron chi connectivity index (χ4n) is 1.63. The molecule has 0 saturated heterocycles. The molecule has 2 amide bonds. The van der Waals surface area contributed by atoms with Crippen LogP contribution in [0.2, 0.25) is 0 Å². The normalized spacial score (nSPS) is 11.9. The van der Waals surface area contributed by atoms with Gasteiger partial charge in [-0.1, -0.05) is 23.4 Å². The van der Waals surface area contributed by atoms with Crippen LogP contribution in [0.25, 0.3) is 0 Å². The molecule has 7 heteroatoms. The number of anilines is 1. The zero-order chi connectivity index (χ0) is 14.5. The van der Waals surface area contributed by atoms with E-state index in [1.807, 2.05) is 0 Å². The number of nitrogens with one attached hydrogen (secondary N) is 2. The Bertz CT molecular complexity index is 600. The summed E-state index contributed by atoms with van der Waals surface area (Å²) in [6, 6.07) is 6.83. The number of halogens is 1. The number of hydrogen-bond donors (Lipinski definition) is 3. The van der Waals surface area contributed by atoms with Crippen LogP contribution in [0.1, 0.15) is 17.4 Å². The Kier molecular flexibility index (Phi) is 4.31. The number of benzene rings is 1. The van der Waals surface area contributed by atoms with Gasteiger partial charge < -0.3 is 14.9 Å². The van der Waals surface area contributed by atoms with E-state index in [4.69, 9.17) is 4.52 Å². The first-order valence-corrected chi connectivity index (χ1v) is 5.97. The highest BCUT2D eigenvalue weighted by atomic mass is 19.1. The van der Waals surface area contributed by atoms with E-state index >= 15 is 0 Å². The van der Waals surface area contributed by atoms with Gasteiger partial charge in [-0.05, 0) is 13.0 Å². The van der Waals surface area contributed by atoms with Crippen molar-refractivity contribution in [2.45, 2.75) is 13.0 Å². The van der Waals surface area contributed by atoms with Gasteiger partial charge in [0.15, 0.2) is 5.82 Å². The van der Waals surface area contributed by atoms with Crippen LogP contribution in [0, 0.1) is 12.7 Å². The number of hydrogen-bond acceptors (Lipinski definition) is 4. The van der Waals surface area contributed by atoms with E-state index in [9.17, 15) is 14.3 Å². The summed E-state index contributed by atoms with van der Waals surface area (Å²) >= 11 is 0. The van der Waals surface area contributed by atoms with Gasteiger partial charge >= 0.3 is 6.03 Å². The SMILES string of the molecule is Cc1cc(NC(=O)NCC(O)c2ccccc2F)no1. The third-order valence-electron chi connectivity index (χ3n) is 2.59. The number of aromatic nitrogens is 1. The van der Waals surface area contributed by atoms with Crippen LogP contribution in [-0.2, 0) is 0 Å². The van der Waals surface area contributed by atoms with E-state index in [1.54, 1.807) is 19.1 Å². The molecule has 106 valence electrons. The van der Waals surface area contributed by atoms with Gasteiger partial charge in [-0.2, -0.15) is 0 Å². The zero-order valence-corrected chi connectivity index (χ0v) is 10.8. The second-order valence-electron chi connectivity index (χ2n) is 4.20. The highest BCUT2D eigenvalue weighted by Gasteiger charge is 2.13. The second kappa shape index (κ2) is 6.16. The first-order chi connectivity index (χ1) is 9.56. The summed E-state index contributed by atoms with van der Waals surface area (Å²) < 4.78 is 18.2. The lowest BCUT2D eigenvalue weighted by molar-refractivity contribution is 0.170. The average Bonchev–Trinajstić information content (AvgIpc) is 2.82. The minimum atomic E-state index is -1.12. The van der Waals surface area contributed by atoms with Crippen LogP contribution >= 0.6 is 0 Å². The molecule has 0 aliphatic heterocycles. The quantitative estimate of drug-likeness (QED) is 0.798. The van der Waals surface area contributed by atoms with E-state index in [-0.39, 0.29) is 17.9 Å². The van der Waals surface area contributed by atoms with Crippen molar-refractivity contribution in [3.63, 3.8) is 0 Å². The van der Waals surface area contributed by atoms with Gasteiger partial charge in [-0.15, -0.1) is 0 Å². The van der Waals surface area contributed by atoms with Gasteiger partial charge in [0.1, 0.15) is 11.6 Å². The van der Waals surface area contributed by atoms with Gasteiger partial charge in [-0.25, -0.2) is 9.18 Å². The molecule has 2 rings (SSSR count). The molecule has 6 nitrogen and oxygen atoms in total. The minimum Gasteiger partial charge on any atom is -0.386 e. The summed E-state index contributed by atoms with van der Waals surface area (Å²) in [5.41, 5.74) is 0.130. The van der Waals surface area contributed by atoms with Crippen molar-refractivity contribution in [1.29, 1.82) is 0 Å². The maximum absolute atomic E-state index is 13.4. The Morgan fingerprint density at radius 3 is 2.90 bits per heavy atom. The molecule has 0 radical (unpaired) electrons. The Balaban J connectivity index is 1.85. The topological polar surface area (TPSA) is 87.4 Å². The van der Waals surface area contributed by atoms with E-state index in [2.05, 4.69) is 15.8 Å². The third kappa shape index (κ3) is 3.55. The third-order valence-corrected chi connectivity index (χ3v) is 2.59.